The first kappa shape index (κ1) is 15.5. The van der Waals surface area contributed by atoms with Gasteiger partial charge in [0.15, 0.2) is 0 Å². The zero-order valence-corrected chi connectivity index (χ0v) is 12.8. The van der Waals surface area contributed by atoms with Gasteiger partial charge in [-0.05, 0) is 25.7 Å². The molecule has 2 nitrogen and oxygen atoms in total. The number of rotatable bonds is 5. The third-order valence-corrected chi connectivity index (χ3v) is 4.54. The summed E-state index contributed by atoms with van der Waals surface area (Å²) in [5, 5.41) is 3.73. The normalized spacial score (nSPS) is 31.3. The highest BCUT2D eigenvalue weighted by molar-refractivity contribution is 5.00. The van der Waals surface area contributed by atoms with Crippen LogP contribution in [0.4, 0.5) is 0 Å². The monoisotopic (exact) mass is 250 g/mol. The zero-order chi connectivity index (χ0) is 13.8. The Hall–Kier alpha value is -0.520. The minimum Gasteiger partial charge on any atom is -0.309 e. The molecule has 1 aliphatic heterocycles. The van der Waals surface area contributed by atoms with Gasteiger partial charge in [0, 0.05) is 37.1 Å². The highest BCUT2D eigenvalue weighted by Crippen LogP contribution is 2.26. The number of nitrogens with zero attached hydrogens (tertiary/aromatic N) is 1. The molecule has 1 aliphatic rings. The van der Waals surface area contributed by atoms with Gasteiger partial charge in [-0.15, -0.1) is 12.3 Å². The predicted octanol–water partition coefficient (Wildman–Crippen LogP) is 2.89. The number of nitrogens with one attached hydrogen (secondary N) is 1. The molecule has 104 valence electrons. The summed E-state index contributed by atoms with van der Waals surface area (Å²) in [6.07, 6.45) is 8.73. The number of terminal acetylenes is 1. The molecule has 3 unspecified atom stereocenters. The van der Waals surface area contributed by atoms with Crippen LogP contribution in [0.1, 0.15) is 53.9 Å². The van der Waals surface area contributed by atoms with Gasteiger partial charge in [0.25, 0.3) is 0 Å². The van der Waals surface area contributed by atoms with E-state index in [0.717, 1.165) is 25.9 Å². The Bertz CT molecular complexity index is 292. The van der Waals surface area contributed by atoms with Gasteiger partial charge in [0.05, 0.1) is 0 Å². The molecule has 3 atom stereocenters. The van der Waals surface area contributed by atoms with Gasteiger partial charge in [0.2, 0.25) is 0 Å². The molecule has 0 aromatic carbocycles. The van der Waals surface area contributed by atoms with E-state index >= 15 is 0 Å². The lowest BCUT2D eigenvalue weighted by atomic mass is 9.88. The largest absolute Gasteiger partial charge is 0.309 e. The van der Waals surface area contributed by atoms with E-state index in [2.05, 4.69) is 50.8 Å². The van der Waals surface area contributed by atoms with Crippen LogP contribution in [0.15, 0.2) is 0 Å². The van der Waals surface area contributed by atoms with Crippen LogP contribution in [0.5, 0.6) is 0 Å². The first-order valence-electron chi connectivity index (χ1n) is 7.41. The summed E-state index contributed by atoms with van der Waals surface area (Å²) in [6, 6.07) is 1.15. The van der Waals surface area contributed by atoms with Crippen LogP contribution >= 0.6 is 0 Å². The van der Waals surface area contributed by atoms with Crippen LogP contribution in [0.3, 0.4) is 0 Å². The van der Waals surface area contributed by atoms with Crippen molar-refractivity contribution in [2.75, 3.05) is 13.1 Å². The second kappa shape index (κ2) is 6.59. The van der Waals surface area contributed by atoms with E-state index in [9.17, 15) is 0 Å². The van der Waals surface area contributed by atoms with Gasteiger partial charge in [-0.25, -0.2) is 0 Å². The van der Waals surface area contributed by atoms with E-state index in [0.29, 0.717) is 18.0 Å². The Labute approximate surface area is 114 Å². The van der Waals surface area contributed by atoms with Crippen molar-refractivity contribution in [2.24, 2.45) is 5.92 Å². The standard InChI is InChI=1S/C16H30N2/c1-7-10-14(8-2)18-12-16(6,9-3)17-11-15(18)13(4)5/h1,13-15,17H,8-12H2,2-6H3. The van der Waals surface area contributed by atoms with Crippen LogP contribution in [-0.2, 0) is 0 Å². The van der Waals surface area contributed by atoms with Crippen molar-refractivity contribution in [1.82, 2.24) is 10.2 Å². The van der Waals surface area contributed by atoms with Gasteiger partial charge < -0.3 is 5.32 Å². The molecule has 0 saturated carbocycles. The van der Waals surface area contributed by atoms with E-state index in [1.807, 2.05) is 0 Å². The van der Waals surface area contributed by atoms with E-state index in [4.69, 9.17) is 6.42 Å². The molecule has 2 heteroatoms. The van der Waals surface area contributed by atoms with Crippen LogP contribution < -0.4 is 5.32 Å². The third kappa shape index (κ3) is 3.49. The topological polar surface area (TPSA) is 15.3 Å². The van der Waals surface area contributed by atoms with Gasteiger partial charge in [0.1, 0.15) is 0 Å². The minimum absolute atomic E-state index is 0.243. The first-order chi connectivity index (χ1) is 8.47. The van der Waals surface area contributed by atoms with Gasteiger partial charge in [-0.1, -0.05) is 27.7 Å². The van der Waals surface area contributed by atoms with Crippen molar-refractivity contribution >= 4 is 0 Å². The molecule has 0 amide bonds. The third-order valence-electron chi connectivity index (χ3n) is 4.54. The summed E-state index contributed by atoms with van der Waals surface area (Å²) in [5.41, 5.74) is 0.243. The van der Waals surface area contributed by atoms with Crippen molar-refractivity contribution in [3.8, 4) is 12.3 Å². The average Bonchev–Trinajstić information content (AvgIpc) is 2.35. The Kier molecular flexibility index (Phi) is 5.69. The fourth-order valence-corrected chi connectivity index (χ4v) is 2.93. The Morgan fingerprint density at radius 3 is 2.56 bits per heavy atom. The fourth-order valence-electron chi connectivity index (χ4n) is 2.93. The van der Waals surface area contributed by atoms with E-state index in [-0.39, 0.29) is 5.54 Å². The molecular weight excluding hydrogens is 220 g/mol. The van der Waals surface area contributed by atoms with Crippen LogP contribution in [-0.4, -0.2) is 35.6 Å². The van der Waals surface area contributed by atoms with E-state index < -0.39 is 0 Å². The van der Waals surface area contributed by atoms with Crippen molar-refractivity contribution in [3.63, 3.8) is 0 Å². The molecule has 0 bridgehead atoms. The molecule has 1 saturated heterocycles. The summed E-state index contributed by atoms with van der Waals surface area (Å²) in [7, 11) is 0. The Morgan fingerprint density at radius 1 is 1.44 bits per heavy atom. The highest BCUT2D eigenvalue weighted by atomic mass is 15.3. The zero-order valence-electron chi connectivity index (χ0n) is 12.8. The summed E-state index contributed by atoms with van der Waals surface area (Å²) in [6.45, 7) is 13.7. The maximum atomic E-state index is 5.54. The minimum atomic E-state index is 0.243. The number of hydrogen-bond acceptors (Lipinski definition) is 2. The molecule has 0 aromatic rings. The molecule has 0 radical (unpaired) electrons. The van der Waals surface area contributed by atoms with Crippen molar-refractivity contribution in [3.05, 3.63) is 0 Å². The van der Waals surface area contributed by atoms with Crippen LogP contribution in [0.25, 0.3) is 0 Å². The van der Waals surface area contributed by atoms with Gasteiger partial charge >= 0.3 is 0 Å². The molecular formula is C16H30N2. The summed E-state index contributed by atoms with van der Waals surface area (Å²) < 4.78 is 0. The summed E-state index contributed by atoms with van der Waals surface area (Å²) >= 11 is 0. The maximum absolute atomic E-state index is 5.54. The second-order valence-electron chi connectivity index (χ2n) is 6.25. The number of piperazine rings is 1. The summed E-state index contributed by atoms with van der Waals surface area (Å²) in [5.74, 6) is 3.53. The second-order valence-corrected chi connectivity index (χ2v) is 6.25. The Morgan fingerprint density at radius 2 is 2.11 bits per heavy atom. The molecule has 1 N–H and O–H groups in total. The smallest absolute Gasteiger partial charge is 0.0278 e. The van der Waals surface area contributed by atoms with Crippen LogP contribution in [0, 0.1) is 18.3 Å². The first-order valence-corrected chi connectivity index (χ1v) is 7.41. The molecule has 0 aromatic heterocycles. The molecule has 1 heterocycles. The Balaban J connectivity index is 2.87. The number of hydrogen-bond donors (Lipinski definition) is 1. The highest BCUT2D eigenvalue weighted by Gasteiger charge is 2.38. The van der Waals surface area contributed by atoms with Crippen LogP contribution in [0.2, 0.25) is 0 Å². The quantitative estimate of drug-likeness (QED) is 0.755. The van der Waals surface area contributed by atoms with Gasteiger partial charge in [-0.2, -0.15) is 0 Å². The molecule has 1 fully saturated rings. The van der Waals surface area contributed by atoms with Crippen molar-refractivity contribution in [2.45, 2.75) is 71.5 Å². The van der Waals surface area contributed by atoms with Gasteiger partial charge in [-0.3, -0.25) is 4.90 Å². The maximum Gasteiger partial charge on any atom is 0.0278 e. The predicted molar refractivity (Wildman–Crippen MR) is 79.6 cm³/mol. The lowest BCUT2D eigenvalue weighted by Crippen LogP contribution is -2.65. The lowest BCUT2D eigenvalue weighted by molar-refractivity contribution is 0.0245. The summed E-state index contributed by atoms with van der Waals surface area (Å²) in [4.78, 5) is 2.67. The molecule has 18 heavy (non-hydrogen) atoms. The lowest BCUT2D eigenvalue weighted by Gasteiger charge is -2.50. The molecule has 1 rings (SSSR count). The van der Waals surface area contributed by atoms with Crippen molar-refractivity contribution in [1.29, 1.82) is 0 Å². The SMILES string of the molecule is C#CCC(CC)N1CC(C)(CC)NCC1C(C)C. The van der Waals surface area contributed by atoms with E-state index in [1.54, 1.807) is 0 Å². The van der Waals surface area contributed by atoms with Crippen molar-refractivity contribution < 1.29 is 0 Å². The molecule has 0 spiro atoms. The average molecular weight is 250 g/mol. The fraction of sp³-hybridized carbons (Fsp3) is 0.875. The molecule has 0 aliphatic carbocycles. The van der Waals surface area contributed by atoms with E-state index in [1.165, 1.54) is 6.42 Å².